The van der Waals surface area contributed by atoms with E-state index in [0.717, 1.165) is 12.3 Å². The quantitative estimate of drug-likeness (QED) is 0.855. The molecule has 2 aromatic rings. The number of anilines is 1. The Morgan fingerprint density at radius 3 is 2.48 bits per heavy atom. The molecule has 1 N–H and O–H groups in total. The molecule has 0 aromatic carbocycles. The summed E-state index contributed by atoms with van der Waals surface area (Å²) in [5.41, 5.74) is -0.0268. The zero-order valence-electron chi connectivity index (χ0n) is 12.2. The molecule has 8 heteroatoms. The van der Waals surface area contributed by atoms with Gasteiger partial charge in [-0.05, 0) is 30.7 Å². The summed E-state index contributed by atoms with van der Waals surface area (Å²) in [6.07, 6.45) is -1.93. The Morgan fingerprint density at radius 1 is 1.17 bits per heavy atom. The summed E-state index contributed by atoms with van der Waals surface area (Å²) in [5, 5.41) is 2.93. The van der Waals surface area contributed by atoms with Crippen LogP contribution in [0, 0.1) is 0 Å². The van der Waals surface area contributed by atoms with Crippen molar-refractivity contribution in [2.45, 2.75) is 19.6 Å². The third-order valence-electron chi connectivity index (χ3n) is 2.86. The van der Waals surface area contributed by atoms with Crippen molar-refractivity contribution in [3.05, 3.63) is 53.5 Å². The molecule has 0 fully saturated rings. The second kappa shape index (κ2) is 7.08. The van der Waals surface area contributed by atoms with Gasteiger partial charge in [-0.3, -0.25) is 4.98 Å². The molecule has 2 aromatic heterocycles. The minimum Gasteiger partial charge on any atom is -0.462 e. The molecule has 0 bridgehead atoms. The first-order valence-corrected chi connectivity index (χ1v) is 6.79. The standard InChI is InChI=1S/C15H14F3N3O2/c1-2-23-14(22)11-4-6-13(21-9-11)20-8-10-3-5-12(19-7-10)15(16,17)18/h3-7,9H,2,8H2,1H3,(H,20,21). The zero-order chi connectivity index (χ0) is 16.9. The highest BCUT2D eigenvalue weighted by molar-refractivity contribution is 5.89. The second-order valence-corrected chi connectivity index (χ2v) is 4.56. The number of nitrogens with one attached hydrogen (secondary N) is 1. The lowest BCUT2D eigenvalue weighted by Gasteiger charge is -2.08. The Hall–Kier alpha value is -2.64. The van der Waals surface area contributed by atoms with Crippen LogP contribution in [-0.2, 0) is 17.5 Å². The summed E-state index contributed by atoms with van der Waals surface area (Å²) in [6, 6.07) is 5.41. The van der Waals surface area contributed by atoms with E-state index in [-0.39, 0.29) is 13.2 Å². The summed E-state index contributed by atoms with van der Waals surface area (Å²) >= 11 is 0. The van der Waals surface area contributed by atoms with Gasteiger partial charge < -0.3 is 10.1 Å². The van der Waals surface area contributed by atoms with Gasteiger partial charge in [0.25, 0.3) is 0 Å². The third-order valence-corrected chi connectivity index (χ3v) is 2.86. The fraction of sp³-hybridized carbons (Fsp3) is 0.267. The molecule has 0 aliphatic rings. The molecular formula is C15H14F3N3O2. The van der Waals surface area contributed by atoms with Crippen LogP contribution in [0.1, 0.15) is 28.5 Å². The van der Waals surface area contributed by atoms with E-state index in [2.05, 4.69) is 15.3 Å². The molecule has 122 valence electrons. The van der Waals surface area contributed by atoms with E-state index in [1.807, 2.05) is 0 Å². The lowest BCUT2D eigenvalue weighted by Crippen LogP contribution is -2.09. The van der Waals surface area contributed by atoms with Gasteiger partial charge in [0, 0.05) is 18.9 Å². The fourth-order valence-electron chi connectivity index (χ4n) is 1.72. The summed E-state index contributed by atoms with van der Waals surface area (Å²) in [4.78, 5) is 18.9. The summed E-state index contributed by atoms with van der Waals surface area (Å²) in [5.74, 6) is 0.0245. The van der Waals surface area contributed by atoms with Crippen LogP contribution in [0.2, 0.25) is 0 Å². The van der Waals surface area contributed by atoms with Crippen molar-refractivity contribution >= 4 is 11.8 Å². The molecule has 5 nitrogen and oxygen atoms in total. The van der Waals surface area contributed by atoms with Gasteiger partial charge in [0.05, 0.1) is 12.2 Å². The maximum absolute atomic E-state index is 12.4. The van der Waals surface area contributed by atoms with Crippen LogP contribution >= 0.6 is 0 Å². The van der Waals surface area contributed by atoms with Crippen LogP contribution in [0.5, 0.6) is 0 Å². The Bertz CT molecular complexity index is 655. The monoisotopic (exact) mass is 325 g/mol. The molecule has 0 atom stereocenters. The molecule has 23 heavy (non-hydrogen) atoms. The molecule has 0 unspecified atom stereocenters. The molecule has 2 rings (SSSR count). The average molecular weight is 325 g/mol. The van der Waals surface area contributed by atoms with Gasteiger partial charge in [-0.15, -0.1) is 0 Å². The van der Waals surface area contributed by atoms with Crippen molar-refractivity contribution in [1.29, 1.82) is 0 Å². The number of hydrogen-bond acceptors (Lipinski definition) is 5. The zero-order valence-corrected chi connectivity index (χ0v) is 12.2. The molecular weight excluding hydrogens is 311 g/mol. The van der Waals surface area contributed by atoms with Crippen LogP contribution in [0.3, 0.4) is 0 Å². The fourth-order valence-corrected chi connectivity index (χ4v) is 1.72. The normalized spacial score (nSPS) is 11.1. The van der Waals surface area contributed by atoms with Crippen molar-refractivity contribution in [3.63, 3.8) is 0 Å². The molecule has 0 aliphatic carbocycles. The highest BCUT2D eigenvalue weighted by atomic mass is 19.4. The number of nitrogens with zero attached hydrogens (tertiary/aromatic N) is 2. The number of carbonyl (C=O) groups excluding carboxylic acids is 1. The van der Waals surface area contributed by atoms with Crippen LogP contribution in [0.15, 0.2) is 36.7 Å². The predicted octanol–water partition coefficient (Wildman–Crippen LogP) is 3.28. The highest BCUT2D eigenvalue weighted by Gasteiger charge is 2.31. The molecule has 0 saturated carbocycles. The van der Waals surface area contributed by atoms with Crippen molar-refractivity contribution in [1.82, 2.24) is 9.97 Å². The Morgan fingerprint density at radius 2 is 1.96 bits per heavy atom. The minimum atomic E-state index is -4.45. The number of pyridine rings is 2. The number of rotatable bonds is 5. The number of hydrogen-bond donors (Lipinski definition) is 1. The van der Waals surface area contributed by atoms with E-state index < -0.39 is 17.8 Å². The highest BCUT2D eigenvalue weighted by Crippen LogP contribution is 2.27. The van der Waals surface area contributed by atoms with Crippen LogP contribution < -0.4 is 5.32 Å². The van der Waals surface area contributed by atoms with Crippen molar-refractivity contribution in [2.75, 3.05) is 11.9 Å². The molecule has 0 radical (unpaired) electrons. The summed E-state index contributed by atoms with van der Waals surface area (Å²) in [6.45, 7) is 2.25. The Balaban J connectivity index is 1.94. The smallest absolute Gasteiger partial charge is 0.433 e. The van der Waals surface area contributed by atoms with E-state index in [4.69, 9.17) is 4.74 Å². The van der Waals surface area contributed by atoms with Crippen molar-refractivity contribution < 1.29 is 22.7 Å². The maximum atomic E-state index is 12.4. The first-order valence-electron chi connectivity index (χ1n) is 6.79. The number of alkyl halides is 3. The number of halogens is 3. The Labute approximate surface area is 130 Å². The second-order valence-electron chi connectivity index (χ2n) is 4.56. The van der Waals surface area contributed by atoms with Gasteiger partial charge >= 0.3 is 12.1 Å². The first kappa shape index (κ1) is 16.7. The summed E-state index contributed by atoms with van der Waals surface area (Å²) < 4.78 is 42.0. The molecule has 2 heterocycles. The molecule has 0 aliphatic heterocycles. The van der Waals surface area contributed by atoms with Crippen molar-refractivity contribution in [2.24, 2.45) is 0 Å². The van der Waals surface area contributed by atoms with Gasteiger partial charge in [-0.1, -0.05) is 6.07 Å². The predicted molar refractivity (Wildman–Crippen MR) is 76.8 cm³/mol. The molecule has 0 spiro atoms. The van der Waals surface area contributed by atoms with E-state index in [9.17, 15) is 18.0 Å². The number of carbonyl (C=O) groups is 1. The summed E-state index contributed by atoms with van der Waals surface area (Å²) in [7, 11) is 0. The Kier molecular flexibility index (Phi) is 5.15. The topological polar surface area (TPSA) is 64.1 Å². The van der Waals surface area contributed by atoms with Crippen LogP contribution in [-0.4, -0.2) is 22.5 Å². The lowest BCUT2D eigenvalue weighted by molar-refractivity contribution is -0.141. The van der Waals surface area contributed by atoms with Crippen LogP contribution in [0.4, 0.5) is 19.0 Å². The average Bonchev–Trinajstić information content (AvgIpc) is 2.53. The number of esters is 1. The molecule has 0 amide bonds. The van der Waals surface area contributed by atoms with Gasteiger partial charge in [0.15, 0.2) is 0 Å². The van der Waals surface area contributed by atoms with E-state index in [0.29, 0.717) is 16.9 Å². The van der Waals surface area contributed by atoms with E-state index in [1.165, 1.54) is 12.3 Å². The SMILES string of the molecule is CCOC(=O)c1ccc(NCc2ccc(C(F)(F)F)nc2)nc1. The van der Waals surface area contributed by atoms with E-state index in [1.54, 1.807) is 19.1 Å². The van der Waals surface area contributed by atoms with E-state index >= 15 is 0 Å². The van der Waals surface area contributed by atoms with Crippen molar-refractivity contribution in [3.8, 4) is 0 Å². The third kappa shape index (κ3) is 4.67. The minimum absolute atomic E-state index is 0.261. The first-order chi connectivity index (χ1) is 10.9. The van der Waals surface area contributed by atoms with Gasteiger partial charge in [-0.2, -0.15) is 13.2 Å². The van der Waals surface area contributed by atoms with Gasteiger partial charge in [0.1, 0.15) is 11.5 Å². The largest absolute Gasteiger partial charge is 0.462 e. The maximum Gasteiger partial charge on any atom is 0.433 e. The van der Waals surface area contributed by atoms with Gasteiger partial charge in [0.2, 0.25) is 0 Å². The molecule has 0 saturated heterocycles. The van der Waals surface area contributed by atoms with Gasteiger partial charge in [-0.25, -0.2) is 9.78 Å². The lowest BCUT2D eigenvalue weighted by atomic mass is 10.2. The van der Waals surface area contributed by atoms with Crippen LogP contribution in [0.25, 0.3) is 0 Å². The number of ether oxygens (including phenoxy) is 1. The number of aromatic nitrogens is 2.